The van der Waals surface area contributed by atoms with Gasteiger partial charge in [0.05, 0.1) is 0 Å². The van der Waals surface area contributed by atoms with Crippen LogP contribution in [-0.4, -0.2) is 0 Å². The molecule has 0 aliphatic rings. The standard InChI is InChI=1S/C17H27/c1-5-8-11-14-17(6-2,7-3)16-13-10-9-12-15(16)4/h9-10,12-13H,4-8,11,14H2,1-3H3. The molecule has 0 atom stereocenters. The van der Waals surface area contributed by atoms with E-state index in [9.17, 15) is 0 Å². The fourth-order valence-corrected chi connectivity index (χ4v) is 2.87. The monoisotopic (exact) mass is 231 g/mol. The molecule has 0 heteroatoms. The Labute approximate surface area is 107 Å². The Balaban J connectivity index is 2.94. The summed E-state index contributed by atoms with van der Waals surface area (Å²) in [5.41, 5.74) is 3.04. The Morgan fingerprint density at radius 2 is 1.65 bits per heavy atom. The number of unbranched alkanes of at least 4 members (excludes halogenated alkanes) is 2. The average Bonchev–Trinajstić information content (AvgIpc) is 2.36. The fraction of sp³-hybridized carbons (Fsp3) is 0.588. The van der Waals surface area contributed by atoms with E-state index in [1.165, 1.54) is 49.7 Å². The molecule has 0 spiro atoms. The molecule has 17 heavy (non-hydrogen) atoms. The van der Waals surface area contributed by atoms with Crippen LogP contribution in [0.2, 0.25) is 0 Å². The Morgan fingerprint density at radius 1 is 1.00 bits per heavy atom. The lowest BCUT2D eigenvalue weighted by atomic mass is 9.71. The van der Waals surface area contributed by atoms with Crippen LogP contribution in [-0.2, 0) is 5.41 Å². The molecular formula is C17H27. The molecule has 0 aromatic heterocycles. The van der Waals surface area contributed by atoms with Gasteiger partial charge in [-0.05, 0) is 42.7 Å². The van der Waals surface area contributed by atoms with Crippen LogP contribution in [0.25, 0.3) is 0 Å². The van der Waals surface area contributed by atoms with Crippen LogP contribution >= 0.6 is 0 Å². The van der Waals surface area contributed by atoms with Gasteiger partial charge in [-0.25, -0.2) is 0 Å². The van der Waals surface area contributed by atoms with Crippen molar-refractivity contribution in [3.8, 4) is 0 Å². The van der Waals surface area contributed by atoms with Crippen molar-refractivity contribution >= 4 is 0 Å². The second kappa shape index (κ2) is 6.83. The van der Waals surface area contributed by atoms with Gasteiger partial charge in [0, 0.05) is 0 Å². The van der Waals surface area contributed by atoms with Gasteiger partial charge >= 0.3 is 0 Å². The molecular weight excluding hydrogens is 204 g/mol. The summed E-state index contributed by atoms with van der Waals surface area (Å²) in [5.74, 6) is 0. The Kier molecular flexibility index (Phi) is 5.74. The molecule has 1 aromatic carbocycles. The number of rotatable bonds is 7. The lowest BCUT2D eigenvalue weighted by Gasteiger charge is -2.34. The van der Waals surface area contributed by atoms with Gasteiger partial charge in [0.1, 0.15) is 0 Å². The first-order valence-corrected chi connectivity index (χ1v) is 7.11. The van der Waals surface area contributed by atoms with Crippen LogP contribution < -0.4 is 0 Å². The van der Waals surface area contributed by atoms with Gasteiger partial charge in [0.25, 0.3) is 0 Å². The van der Waals surface area contributed by atoms with E-state index in [0.717, 1.165) is 0 Å². The van der Waals surface area contributed by atoms with Crippen LogP contribution in [0.4, 0.5) is 0 Å². The highest BCUT2D eigenvalue weighted by atomic mass is 14.3. The van der Waals surface area contributed by atoms with Crippen LogP contribution in [0.15, 0.2) is 24.3 Å². The molecule has 95 valence electrons. The maximum atomic E-state index is 4.21. The first kappa shape index (κ1) is 14.3. The zero-order valence-corrected chi connectivity index (χ0v) is 11.8. The molecule has 0 bridgehead atoms. The maximum Gasteiger partial charge on any atom is -0.00495 e. The van der Waals surface area contributed by atoms with Crippen molar-refractivity contribution in [1.82, 2.24) is 0 Å². The molecule has 0 unspecified atom stereocenters. The Bertz CT molecular complexity index is 321. The van der Waals surface area contributed by atoms with Crippen LogP contribution in [0, 0.1) is 6.92 Å². The topological polar surface area (TPSA) is 0 Å². The van der Waals surface area contributed by atoms with Crippen molar-refractivity contribution in [1.29, 1.82) is 0 Å². The highest BCUT2D eigenvalue weighted by Crippen LogP contribution is 2.38. The van der Waals surface area contributed by atoms with Crippen molar-refractivity contribution in [2.75, 3.05) is 0 Å². The van der Waals surface area contributed by atoms with Crippen molar-refractivity contribution in [3.63, 3.8) is 0 Å². The molecule has 1 aromatic rings. The Morgan fingerprint density at radius 3 is 2.18 bits per heavy atom. The van der Waals surface area contributed by atoms with Gasteiger partial charge in [-0.3, -0.25) is 0 Å². The minimum Gasteiger partial charge on any atom is -0.0654 e. The largest absolute Gasteiger partial charge is 0.0654 e. The summed E-state index contributed by atoms with van der Waals surface area (Å²) in [6.07, 6.45) is 7.74. The summed E-state index contributed by atoms with van der Waals surface area (Å²) in [6.45, 7) is 11.1. The minimum absolute atomic E-state index is 0.355. The van der Waals surface area contributed by atoms with Crippen LogP contribution in [0.5, 0.6) is 0 Å². The molecule has 0 aliphatic heterocycles. The SMILES string of the molecule is [CH2]c1ccccc1C(CC)(CC)CCCCC. The molecule has 0 aliphatic carbocycles. The first-order valence-electron chi connectivity index (χ1n) is 7.11. The molecule has 0 nitrogen and oxygen atoms in total. The van der Waals surface area contributed by atoms with Crippen LogP contribution in [0.1, 0.15) is 70.4 Å². The molecule has 0 amide bonds. The van der Waals surface area contributed by atoms with E-state index in [1.54, 1.807) is 0 Å². The molecule has 0 saturated carbocycles. The lowest BCUT2D eigenvalue weighted by Crippen LogP contribution is -2.25. The number of hydrogen-bond donors (Lipinski definition) is 0. The second-order valence-corrected chi connectivity index (χ2v) is 5.10. The van der Waals surface area contributed by atoms with Gasteiger partial charge in [-0.15, -0.1) is 0 Å². The van der Waals surface area contributed by atoms with E-state index in [1.807, 2.05) is 0 Å². The quantitative estimate of drug-likeness (QED) is 0.543. The van der Waals surface area contributed by atoms with Gasteiger partial charge < -0.3 is 0 Å². The van der Waals surface area contributed by atoms with Crippen molar-refractivity contribution in [2.24, 2.45) is 0 Å². The Hall–Kier alpha value is -0.780. The van der Waals surface area contributed by atoms with E-state index < -0.39 is 0 Å². The third kappa shape index (κ3) is 3.34. The molecule has 1 radical (unpaired) electrons. The summed E-state index contributed by atoms with van der Waals surface area (Å²) in [6, 6.07) is 8.67. The van der Waals surface area contributed by atoms with E-state index in [-0.39, 0.29) is 0 Å². The first-order chi connectivity index (χ1) is 8.20. The van der Waals surface area contributed by atoms with Gasteiger partial charge in [-0.1, -0.05) is 64.3 Å². The minimum atomic E-state index is 0.355. The summed E-state index contributed by atoms with van der Waals surface area (Å²) >= 11 is 0. The van der Waals surface area contributed by atoms with E-state index >= 15 is 0 Å². The highest BCUT2D eigenvalue weighted by Gasteiger charge is 2.28. The maximum absolute atomic E-state index is 4.21. The smallest absolute Gasteiger partial charge is 0.00495 e. The molecule has 1 rings (SSSR count). The van der Waals surface area contributed by atoms with Gasteiger partial charge in [0.2, 0.25) is 0 Å². The second-order valence-electron chi connectivity index (χ2n) is 5.10. The average molecular weight is 231 g/mol. The molecule has 0 fully saturated rings. The summed E-state index contributed by atoms with van der Waals surface area (Å²) in [7, 11) is 0. The van der Waals surface area contributed by atoms with Gasteiger partial charge in [-0.2, -0.15) is 0 Å². The lowest BCUT2D eigenvalue weighted by molar-refractivity contribution is 0.349. The predicted molar refractivity (Wildman–Crippen MR) is 77.3 cm³/mol. The summed E-state index contributed by atoms with van der Waals surface area (Å²) < 4.78 is 0. The van der Waals surface area contributed by atoms with Gasteiger partial charge in [0.15, 0.2) is 0 Å². The summed E-state index contributed by atoms with van der Waals surface area (Å²) in [5, 5.41) is 0. The molecule has 0 saturated heterocycles. The fourth-order valence-electron chi connectivity index (χ4n) is 2.87. The third-order valence-electron chi connectivity index (χ3n) is 4.20. The van der Waals surface area contributed by atoms with E-state index in [2.05, 4.69) is 52.0 Å². The molecule has 0 N–H and O–H groups in total. The van der Waals surface area contributed by atoms with Crippen molar-refractivity contribution in [2.45, 2.75) is 64.7 Å². The number of hydrogen-bond acceptors (Lipinski definition) is 0. The van der Waals surface area contributed by atoms with Crippen LogP contribution in [0.3, 0.4) is 0 Å². The van der Waals surface area contributed by atoms with E-state index in [4.69, 9.17) is 0 Å². The summed E-state index contributed by atoms with van der Waals surface area (Å²) in [4.78, 5) is 0. The van der Waals surface area contributed by atoms with E-state index in [0.29, 0.717) is 5.41 Å². The molecule has 0 heterocycles. The zero-order chi connectivity index (χ0) is 12.7. The predicted octanol–water partition coefficient (Wildman–Crippen LogP) is 5.51. The zero-order valence-electron chi connectivity index (χ0n) is 11.8. The normalized spacial score (nSPS) is 11.8. The third-order valence-corrected chi connectivity index (χ3v) is 4.20. The van der Waals surface area contributed by atoms with Crippen molar-refractivity contribution < 1.29 is 0 Å². The van der Waals surface area contributed by atoms with Crippen molar-refractivity contribution in [3.05, 3.63) is 42.3 Å². The number of benzene rings is 1. The highest BCUT2D eigenvalue weighted by molar-refractivity contribution is 5.36.